The van der Waals surface area contributed by atoms with Crippen molar-refractivity contribution in [3.05, 3.63) is 35.3 Å². The van der Waals surface area contributed by atoms with E-state index in [4.69, 9.17) is 0 Å². The lowest BCUT2D eigenvalue weighted by Gasteiger charge is -2.24. The summed E-state index contributed by atoms with van der Waals surface area (Å²) in [6.45, 7) is 6.81. The zero-order valence-corrected chi connectivity index (χ0v) is 15.1. The number of amides is 1. The molecule has 0 saturated carbocycles. The molecule has 2 aromatic heterocycles. The molecular formula is C18H25N5O. The van der Waals surface area contributed by atoms with Gasteiger partial charge in [0.15, 0.2) is 0 Å². The Balaban J connectivity index is 1.93. The lowest BCUT2D eigenvalue weighted by Crippen LogP contribution is -2.37. The van der Waals surface area contributed by atoms with Gasteiger partial charge < -0.3 is 4.90 Å². The molecule has 0 saturated heterocycles. The van der Waals surface area contributed by atoms with Crippen molar-refractivity contribution in [3.8, 4) is 11.3 Å². The van der Waals surface area contributed by atoms with E-state index in [1.165, 1.54) is 0 Å². The van der Waals surface area contributed by atoms with Gasteiger partial charge in [-0.2, -0.15) is 10.2 Å². The van der Waals surface area contributed by atoms with Crippen LogP contribution in [0.4, 0.5) is 0 Å². The second-order valence-electron chi connectivity index (χ2n) is 6.45. The van der Waals surface area contributed by atoms with Crippen LogP contribution < -0.4 is 0 Å². The molecule has 3 heterocycles. The van der Waals surface area contributed by atoms with Crippen molar-refractivity contribution in [2.24, 2.45) is 14.1 Å². The Morgan fingerprint density at radius 3 is 2.62 bits per heavy atom. The van der Waals surface area contributed by atoms with Gasteiger partial charge in [0.25, 0.3) is 5.91 Å². The average Bonchev–Trinajstić information content (AvgIpc) is 3.19. The van der Waals surface area contributed by atoms with Crippen molar-refractivity contribution < 1.29 is 4.79 Å². The SMILES string of the molecule is CCC[C@@H]1C=CCN1C(=O)c1cc(-c2c(C)nn(C)c2C)nn1C. The van der Waals surface area contributed by atoms with E-state index in [0.29, 0.717) is 12.2 Å². The first-order valence-corrected chi connectivity index (χ1v) is 8.46. The van der Waals surface area contributed by atoms with Crippen LogP contribution in [0.5, 0.6) is 0 Å². The maximum atomic E-state index is 13.0. The summed E-state index contributed by atoms with van der Waals surface area (Å²) in [6, 6.07) is 2.09. The van der Waals surface area contributed by atoms with E-state index in [0.717, 1.165) is 35.5 Å². The minimum Gasteiger partial charge on any atom is -0.327 e. The molecule has 0 aliphatic carbocycles. The highest BCUT2D eigenvalue weighted by atomic mass is 16.2. The van der Waals surface area contributed by atoms with Crippen molar-refractivity contribution in [1.82, 2.24) is 24.5 Å². The van der Waals surface area contributed by atoms with Crippen molar-refractivity contribution in [1.29, 1.82) is 0 Å². The first-order valence-electron chi connectivity index (χ1n) is 8.46. The number of aryl methyl sites for hydroxylation is 3. The number of nitrogens with zero attached hydrogens (tertiary/aromatic N) is 5. The Morgan fingerprint density at radius 1 is 1.25 bits per heavy atom. The summed E-state index contributed by atoms with van der Waals surface area (Å²) in [4.78, 5) is 14.9. The van der Waals surface area contributed by atoms with Crippen LogP contribution in [0.15, 0.2) is 18.2 Å². The smallest absolute Gasteiger partial charge is 0.272 e. The van der Waals surface area contributed by atoms with Crippen LogP contribution >= 0.6 is 0 Å². The van der Waals surface area contributed by atoms with E-state index in [-0.39, 0.29) is 11.9 Å². The highest BCUT2D eigenvalue weighted by molar-refractivity contribution is 5.94. The quantitative estimate of drug-likeness (QED) is 0.811. The number of aromatic nitrogens is 4. The van der Waals surface area contributed by atoms with E-state index < -0.39 is 0 Å². The molecule has 1 aliphatic heterocycles. The number of carbonyl (C=O) groups excluding carboxylic acids is 1. The lowest BCUT2D eigenvalue weighted by molar-refractivity contribution is 0.0733. The van der Waals surface area contributed by atoms with E-state index in [1.807, 2.05) is 43.6 Å². The van der Waals surface area contributed by atoms with Crippen LogP contribution in [-0.4, -0.2) is 43.0 Å². The van der Waals surface area contributed by atoms with E-state index in [2.05, 4.69) is 29.3 Å². The van der Waals surface area contributed by atoms with Gasteiger partial charge in [-0.05, 0) is 26.3 Å². The fraction of sp³-hybridized carbons (Fsp3) is 0.500. The fourth-order valence-corrected chi connectivity index (χ4v) is 3.43. The molecule has 6 heteroatoms. The molecule has 0 radical (unpaired) electrons. The molecule has 0 aromatic carbocycles. The maximum absolute atomic E-state index is 13.0. The summed E-state index contributed by atoms with van der Waals surface area (Å²) >= 11 is 0. The van der Waals surface area contributed by atoms with Gasteiger partial charge in [0.1, 0.15) is 5.69 Å². The van der Waals surface area contributed by atoms with Gasteiger partial charge in [0.05, 0.1) is 17.4 Å². The van der Waals surface area contributed by atoms with Gasteiger partial charge in [-0.3, -0.25) is 14.2 Å². The Kier molecular flexibility index (Phi) is 4.30. The maximum Gasteiger partial charge on any atom is 0.272 e. The molecule has 24 heavy (non-hydrogen) atoms. The molecule has 128 valence electrons. The molecule has 0 spiro atoms. The van der Waals surface area contributed by atoms with Gasteiger partial charge in [0, 0.05) is 31.9 Å². The highest BCUT2D eigenvalue weighted by Crippen LogP contribution is 2.27. The number of rotatable bonds is 4. The van der Waals surface area contributed by atoms with Crippen molar-refractivity contribution >= 4 is 5.91 Å². The molecule has 1 atom stereocenters. The predicted molar refractivity (Wildman–Crippen MR) is 93.8 cm³/mol. The van der Waals surface area contributed by atoms with Crippen molar-refractivity contribution in [3.63, 3.8) is 0 Å². The molecule has 1 aliphatic rings. The molecule has 3 rings (SSSR count). The Labute approximate surface area is 142 Å². The summed E-state index contributed by atoms with van der Waals surface area (Å²) in [7, 11) is 3.75. The van der Waals surface area contributed by atoms with Crippen LogP contribution in [0.3, 0.4) is 0 Å². The normalized spacial score (nSPS) is 17.0. The second-order valence-corrected chi connectivity index (χ2v) is 6.45. The Bertz CT molecular complexity index is 799. The van der Waals surface area contributed by atoms with E-state index in [1.54, 1.807) is 4.68 Å². The molecule has 1 amide bonds. The zero-order chi connectivity index (χ0) is 17.4. The minimum absolute atomic E-state index is 0.0406. The van der Waals surface area contributed by atoms with Crippen molar-refractivity contribution in [2.75, 3.05) is 6.54 Å². The molecule has 0 unspecified atom stereocenters. The molecule has 0 bridgehead atoms. The van der Waals surface area contributed by atoms with Gasteiger partial charge in [0.2, 0.25) is 0 Å². The van der Waals surface area contributed by atoms with Crippen LogP contribution in [0.2, 0.25) is 0 Å². The summed E-state index contributed by atoms with van der Waals surface area (Å²) in [5, 5.41) is 9.02. The van der Waals surface area contributed by atoms with Crippen LogP contribution in [0.1, 0.15) is 41.6 Å². The van der Waals surface area contributed by atoms with Crippen LogP contribution in [0, 0.1) is 13.8 Å². The van der Waals surface area contributed by atoms with Crippen molar-refractivity contribution in [2.45, 2.75) is 39.7 Å². The summed E-state index contributed by atoms with van der Waals surface area (Å²) in [5.41, 5.74) is 4.42. The largest absolute Gasteiger partial charge is 0.327 e. The van der Waals surface area contributed by atoms with Crippen LogP contribution in [-0.2, 0) is 14.1 Å². The third-order valence-electron chi connectivity index (χ3n) is 4.77. The third kappa shape index (κ3) is 2.66. The molecule has 0 N–H and O–H groups in total. The van der Waals surface area contributed by atoms with Gasteiger partial charge in [-0.25, -0.2) is 0 Å². The molecule has 2 aromatic rings. The predicted octanol–water partition coefficient (Wildman–Crippen LogP) is 2.62. The molecule has 6 nitrogen and oxygen atoms in total. The van der Waals surface area contributed by atoms with Gasteiger partial charge in [-0.1, -0.05) is 25.5 Å². The topological polar surface area (TPSA) is 56.0 Å². The average molecular weight is 327 g/mol. The monoisotopic (exact) mass is 327 g/mol. The molecule has 0 fully saturated rings. The summed E-state index contributed by atoms with van der Waals surface area (Å²) in [5.74, 6) is 0.0406. The van der Waals surface area contributed by atoms with E-state index >= 15 is 0 Å². The summed E-state index contributed by atoms with van der Waals surface area (Å²) in [6.07, 6.45) is 6.26. The Hall–Kier alpha value is -2.37. The summed E-state index contributed by atoms with van der Waals surface area (Å²) < 4.78 is 3.54. The third-order valence-corrected chi connectivity index (χ3v) is 4.77. The lowest BCUT2D eigenvalue weighted by atomic mass is 10.1. The van der Waals surface area contributed by atoms with Gasteiger partial charge >= 0.3 is 0 Å². The second kappa shape index (κ2) is 6.26. The number of hydrogen-bond acceptors (Lipinski definition) is 3. The highest BCUT2D eigenvalue weighted by Gasteiger charge is 2.28. The number of hydrogen-bond donors (Lipinski definition) is 0. The zero-order valence-electron chi connectivity index (χ0n) is 15.1. The molecular weight excluding hydrogens is 302 g/mol. The first-order chi connectivity index (χ1) is 11.4. The number of carbonyl (C=O) groups is 1. The Morgan fingerprint density at radius 2 is 2.00 bits per heavy atom. The first kappa shape index (κ1) is 16.5. The van der Waals surface area contributed by atoms with Gasteiger partial charge in [-0.15, -0.1) is 0 Å². The standard InChI is InChI=1S/C18H25N5O/c1-6-8-14-9-7-10-23(14)18(24)16-11-15(20-22(16)5)17-12(2)19-21(4)13(17)3/h7,9,11,14H,6,8,10H2,1-5H3/t14-/m1/s1. The van der Waals surface area contributed by atoms with E-state index in [9.17, 15) is 4.79 Å². The minimum atomic E-state index is 0.0406. The van der Waals surface area contributed by atoms with Crippen LogP contribution in [0.25, 0.3) is 11.3 Å². The fourth-order valence-electron chi connectivity index (χ4n) is 3.43.